The number of hydrogen-bond donors (Lipinski definition) is 2. The Morgan fingerprint density at radius 2 is 1.85 bits per heavy atom. The van der Waals surface area contributed by atoms with Crippen LogP contribution in [0.3, 0.4) is 0 Å². The standard InChI is InChI=1S/C19H30N4O2S/c24-19(20-6-3-7-22-8-12-25-13-9-22)21-18-5-2-1-4-17(18)16-23-10-14-26-15-11-23/h1-2,4-5H,3,6-16H2,(H2,20,21,24). The van der Waals surface area contributed by atoms with Crippen LogP contribution in [0.2, 0.25) is 0 Å². The zero-order chi connectivity index (χ0) is 18.0. The number of rotatable bonds is 7. The third-order valence-corrected chi connectivity index (χ3v) is 5.75. The second kappa shape index (κ2) is 10.8. The van der Waals surface area contributed by atoms with Crippen LogP contribution in [-0.2, 0) is 11.3 Å². The summed E-state index contributed by atoms with van der Waals surface area (Å²) < 4.78 is 5.35. The van der Waals surface area contributed by atoms with E-state index in [0.717, 1.165) is 64.6 Å². The van der Waals surface area contributed by atoms with Gasteiger partial charge in [-0.1, -0.05) is 18.2 Å². The quantitative estimate of drug-likeness (QED) is 0.712. The molecule has 7 heteroatoms. The summed E-state index contributed by atoms with van der Waals surface area (Å²) in [6.07, 6.45) is 0.959. The Bertz CT molecular complexity index is 560. The molecule has 1 aromatic rings. The zero-order valence-corrected chi connectivity index (χ0v) is 16.2. The highest BCUT2D eigenvalue weighted by molar-refractivity contribution is 7.99. The van der Waals surface area contributed by atoms with Gasteiger partial charge in [0.25, 0.3) is 0 Å². The lowest BCUT2D eigenvalue weighted by atomic mass is 10.1. The van der Waals surface area contributed by atoms with Crippen LogP contribution in [0, 0.1) is 0 Å². The number of urea groups is 1. The molecule has 2 amide bonds. The molecule has 0 atom stereocenters. The minimum Gasteiger partial charge on any atom is -0.379 e. The normalized spacial score (nSPS) is 19.2. The number of morpholine rings is 1. The Kier molecular flexibility index (Phi) is 8.07. The highest BCUT2D eigenvalue weighted by atomic mass is 32.2. The number of amides is 2. The minimum atomic E-state index is -0.117. The van der Waals surface area contributed by atoms with Crippen molar-refractivity contribution >= 4 is 23.5 Å². The summed E-state index contributed by atoms with van der Waals surface area (Å²) in [6, 6.07) is 7.99. The van der Waals surface area contributed by atoms with Gasteiger partial charge in [-0.15, -0.1) is 0 Å². The topological polar surface area (TPSA) is 56.8 Å². The molecule has 0 spiro atoms. The molecule has 144 valence electrons. The van der Waals surface area contributed by atoms with E-state index in [1.165, 1.54) is 17.1 Å². The van der Waals surface area contributed by atoms with Crippen LogP contribution in [0.1, 0.15) is 12.0 Å². The number of ether oxygens (including phenoxy) is 1. The fourth-order valence-corrected chi connectivity index (χ4v) is 4.25. The number of para-hydroxylation sites is 1. The molecule has 3 rings (SSSR count). The summed E-state index contributed by atoms with van der Waals surface area (Å²) in [5, 5.41) is 6.00. The third kappa shape index (κ3) is 6.46. The number of nitrogens with one attached hydrogen (secondary N) is 2. The lowest BCUT2D eigenvalue weighted by molar-refractivity contribution is 0.0375. The number of carbonyl (C=O) groups excluding carboxylic acids is 1. The van der Waals surface area contributed by atoms with Crippen molar-refractivity contribution in [2.45, 2.75) is 13.0 Å². The van der Waals surface area contributed by atoms with E-state index in [2.05, 4.69) is 26.5 Å². The van der Waals surface area contributed by atoms with Crippen LogP contribution in [-0.4, -0.2) is 79.8 Å². The summed E-state index contributed by atoms with van der Waals surface area (Å²) in [4.78, 5) is 17.1. The Labute approximate surface area is 160 Å². The molecule has 0 aromatic heterocycles. The van der Waals surface area contributed by atoms with Crippen molar-refractivity contribution in [3.05, 3.63) is 29.8 Å². The molecule has 1 aromatic carbocycles. The van der Waals surface area contributed by atoms with E-state index >= 15 is 0 Å². The van der Waals surface area contributed by atoms with Crippen molar-refractivity contribution in [3.8, 4) is 0 Å². The lowest BCUT2D eigenvalue weighted by Crippen LogP contribution is -2.38. The van der Waals surface area contributed by atoms with Crippen LogP contribution >= 0.6 is 11.8 Å². The highest BCUT2D eigenvalue weighted by Crippen LogP contribution is 2.19. The molecule has 0 radical (unpaired) electrons. The van der Waals surface area contributed by atoms with Crippen LogP contribution in [0.5, 0.6) is 0 Å². The van der Waals surface area contributed by atoms with Gasteiger partial charge < -0.3 is 15.4 Å². The lowest BCUT2D eigenvalue weighted by Gasteiger charge is -2.27. The molecule has 0 aliphatic carbocycles. The van der Waals surface area contributed by atoms with Gasteiger partial charge in [-0.05, 0) is 24.6 Å². The van der Waals surface area contributed by atoms with Crippen LogP contribution in [0.15, 0.2) is 24.3 Å². The van der Waals surface area contributed by atoms with Gasteiger partial charge in [0.2, 0.25) is 0 Å². The van der Waals surface area contributed by atoms with Crippen molar-refractivity contribution in [2.24, 2.45) is 0 Å². The zero-order valence-electron chi connectivity index (χ0n) is 15.4. The van der Waals surface area contributed by atoms with Gasteiger partial charge >= 0.3 is 6.03 Å². The van der Waals surface area contributed by atoms with E-state index in [4.69, 9.17) is 4.74 Å². The van der Waals surface area contributed by atoms with Crippen molar-refractivity contribution in [1.82, 2.24) is 15.1 Å². The fraction of sp³-hybridized carbons (Fsp3) is 0.632. The summed E-state index contributed by atoms with van der Waals surface area (Å²) >= 11 is 2.01. The molecule has 2 N–H and O–H groups in total. The molecule has 0 unspecified atom stereocenters. The van der Waals surface area contributed by atoms with Gasteiger partial charge in [-0.2, -0.15) is 11.8 Å². The van der Waals surface area contributed by atoms with Gasteiger partial charge in [0, 0.05) is 56.5 Å². The Hall–Kier alpha value is -1.28. The summed E-state index contributed by atoms with van der Waals surface area (Å²) in [5.41, 5.74) is 2.10. The van der Waals surface area contributed by atoms with Gasteiger partial charge in [0.05, 0.1) is 13.2 Å². The molecule has 26 heavy (non-hydrogen) atoms. The number of carbonyl (C=O) groups is 1. The monoisotopic (exact) mass is 378 g/mol. The molecule has 2 fully saturated rings. The Balaban J connectivity index is 1.40. The van der Waals surface area contributed by atoms with Crippen LogP contribution in [0.25, 0.3) is 0 Å². The summed E-state index contributed by atoms with van der Waals surface area (Å²) in [7, 11) is 0. The minimum absolute atomic E-state index is 0.117. The van der Waals surface area contributed by atoms with Crippen molar-refractivity contribution < 1.29 is 9.53 Å². The Morgan fingerprint density at radius 1 is 1.08 bits per heavy atom. The smallest absolute Gasteiger partial charge is 0.319 e. The maximum absolute atomic E-state index is 12.2. The Morgan fingerprint density at radius 3 is 2.65 bits per heavy atom. The maximum Gasteiger partial charge on any atom is 0.319 e. The van der Waals surface area contributed by atoms with E-state index in [1.54, 1.807) is 0 Å². The second-order valence-corrected chi connectivity index (χ2v) is 7.96. The average Bonchev–Trinajstić information content (AvgIpc) is 2.68. The number of anilines is 1. The largest absolute Gasteiger partial charge is 0.379 e. The van der Waals surface area contributed by atoms with Crippen molar-refractivity contribution in [3.63, 3.8) is 0 Å². The first-order chi connectivity index (χ1) is 12.8. The second-order valence-electron chi connectivity index (χ2n) is 6.73. The molecule has 2 aliphatic rings. The van der Waals surface area contributed by atoms with E-state index in [-0.39, 0.29) is 6.03 Å². The molecular formula is C19H30N4O2S. The van der Waals surface area contributed by atoms with E-state index < -0.39 is 0 Å². The third-order valence-electron chi connectivity index (χ3n) is 4.80. The van der Waals surface area contributed by atoms with E-state index in [0.29, 0.717) is 6.54 Å². The molecule has 2 heterocycles. The fourth-order valence-electron chi connectivity index (χ4n) is 3.28. The molecule has 0 bridgehead atoms. The molecule has 2 saturated heterocycles. The highest BCUT2D eigenvalue weighted by Gasteiger charge is 2.14. The van der Waals surface area contributed by atoms with Gasteiger partial charge in [-0.3, -0.25) is 9.80 Å². The number of benzene rings is 1. The molecule has 2 aliphatic heterocycles. The van der Waals surface area contributed by atoms with Crippen LogP contribution < -0.4 is 10.6 Å². The van der Waals surface area contributed by atoms with Crippen LogP contribution in [0.4, 0.5) is 10.5 Å². The SMILES string of the molecule is O=C(NCCCN1CCOCC1)Nc1ccccc1CN1CCSCC1. The molecular weight excluding hydrogens is 348 g/mol. The summed E-state index contributed by atoms with van der Waals surface area (Å²) in [5.74, 6) is 2.39. The number of thioether (sulfide) groups is 1. The first kappa shape index (κ1) is 19.5. The van der Waals surface area contributed by atoms with Gasteiger partial charge in [0.1, 0.15) is 0 Å². The van der Waals surface area contributed by atoms with Crippen molar-refractivity contribution in [2.75, 3.05) is 69.3 Å². The van der Waals surface area contributed by atoms with Gasteiger partial charge in [-0.25, -0.2) is 4.79 Å². The average molecular weight is 379 g/mol. The van der Waals surface area contributed by atoms with E-state index in [9.17, 15) is 4.79 Å². The predicted octanol–water partition coefficient (Wildman–Crippen LogP) is 2.08. The number of nitrogens with zero attached hydrogens (tertiary/aromatic N) is 2. The summed E-state index contributed by atoms with van der Waals surface area (Å²) in [6.45, 7) is 8.46. The van der Waals surface area contributed by atoms with Gasteiger partial charge in [0.15, 0.2) is 0 Å². The predicted molar refractivity (Wildman–Crippen MR) is 108 cm³/mol. The molecule has 6 nitrogen and oxygen atoms in total. The first-order valence-electron chi connectivity index (χ1n) is 9.54. The van der Waals surface area contributed by atoms with Crippen molar-refractivity contribution in [1.29, 1.82) is 0 Å². The first-order valence-corrected chi connectivity index (χ1v) is 10.7. The maximum atomic E-state index is 12.2. The number of hydrogen-bond acceptors (Lipinski definition) is 5. The van der Waals surface area contributed by atoms with E-state index in [1.807, 2.05) is 30.0 Å². The molecule has 0 saturated carbocycles.